The molecule has 1 rings (SSSR count). The number of ether oxygens (including phenoxy) is 1. The first-order chi connectivity index (χ1) is 9.38. The Bertz CT molecular complexity index is 597. The second-order valence-electron chi connectivity index (χ2n) is 3.60. The van der Waals surface area contributed by atoms with Crippen LogP contribution in [0.15, 0.2) is 29.4 Å². The van der Waals surface area contributed by atoms with Crippen LogP contribution in [0.25, 0.3) is 0 Å². The van der Waals surface area contributed by atoms with Gasteiger partial charge >= 0.3 is 16.3 Å². The van der Waals surface area contributed by atoms with Crippen molar-refractivity contribution in [1.82, 2.24) is 9.44 Å². The molecule has 0 unspecified atom stereocenters. The lowest BCUT2D eigenvalue weighted by Crippen LogP contribution is -2.39. The highest BCUT2D eigenvalue weighted by Gasteiger charge is 2.13. The van der Waals surface area contributed by atoms with E-state index in [1.165, 1.54) is 0 Å². The average molecular weight is 302 g/mol. The third kappa shape index (κ3) is 4.74. The van der Waals surface area contributed by atoms with Crippen molar-refractivity contribution in [2.24, 2.45) is 10.9 Å². The Balaban J connectivity index is 2.64. The smallest absolute Gasteiger partial charge is 0.421 e. The number of carbonyl (C=O) groups excluding carboxylic acids is 1. The molecule has 0 atom stereocenters. The van der Waals surface area contributed by atoms with E-state index in [0.717, 1.165) is 7.11 Å². The average Bonchev–Trinajstić information content (AvgIpc) is 2.44. The van der Waals surface area contributed by atoms with Crippen molar-refractivity contribution in [3.63, 3.8) is 0 Å². The molecule has 0 saturated heterocycles. The predicted octanol–water partition coefficient (Wildman–Crippen LogP) is -0.528. The number of carbonyl (C=O) groups is 1. The molecule has 0 aliphatic heterocycles. The maximum Gasteiger partial charge on any atom is 0.421 e. The van der Waals surface area contributed by atoms with E-state index in [0.29, 0.717) is 11.1 Å². The zero-order valence-corrected chi connectivity index (χ0v) is 11.3. The maximum absolute atomic E-state index is 11.4. The molecule has 0 aromatic heterocycles. The number of nitrogens with two attached hydrogens (primary N) is 1. The van der Waals surface area contributed by atoms with Crippen LogP contribution in [-0.2, 0) is 21.5 Å². The summed E-state index contributed by atoms with van der Waals surface area (Å²) in [7, 11) is -2.93. The first-order valence-corrected chi connectivity index (χ1v) is 6.78. The number of nitrogens with one attached hydrogen (secondary N) is 2. The number of hydrogen-bond acceptors (Lipinski definition) is 6. The zero-order valence-electron chi connectivity index (χ0n) is 10.5. The van der Waals surface area contributed by atoms with E-state index in [1.54, 1.807) is 29.0 Å². The molecule has 0 fully saturated rings. The first kappa shape index (κ1) is 15.7. The van der Waals surface area contributed by atoms with Crippen LogP contribution in [0.3, 0.4) is 0 Å². The monoisotopic (exact) mass is 302 g/mol. The van der Waals surface area contributed by atoms with Gasteiger partial charge in [-0.2, -0.15) is 13.1 Å². The minimum Gasteiger partial charge on any atom is -0.452 e. The molecule has 0 heterocycles. The van der Waals surface area contributed by atoms with E-state index in [9.17, 15) is 13.2 Å². The van der Waals surface area contributed by atoms with Crippen LogP contribution in [0.5, 0.6) is 0 Å². The largest absolute Gasteiger partial charge is 0.452 e. The van der Waals surface area contributed by atoms with Crippen LogP contribution in [0.1, 0.15) is 11.1 Å². The normalized spacial score (nSPS) is 11.9. The van der Waals surface area contributed by atoms with Crippen LogP contribution in [-0.4, -0.2) is 32.7 Å². The van der Waals surface area contributed by atoms with Crippen molar-refractivity contribution in [3.05, 3.63) is 35.4 Å². The van der Waals surface area contributed by atoms with Gasteiger partial charge in [-0.15, -0.1) is 0 Å². The van der Waals surface area contributed by atoms with Gasteiger partial charge in [0.2, 0.25) is 0 Å². The number of oxime groups is 1. The fourth-order valence-corrected chi connectivity index (χ4v) is 1.95. The molecule has 0 radical (unpaired) electrons. The van der Waals surface area contributed by atoms with Crippen molar-refractivity contribution in [3.8, 4) is 0 Å². The lowest BCUT2D eigenvalue weighted by molar-refractivity contribution is 0.177. The highest BCUT2D eigenvalue weighted by molar-refractivity contribution is 7.88. The fourth-order valence-electron chi connectivity index (χ4n) is 1.22. The second kappa shape index (κ2) is 6.73. The summed E-state index contributed by atoms with van der Waals surface area (Å²) in [6.45, 7) is -0.0389. The van der Waals surface area contributed by atoms with Gasteiger partial charge in [0, 0.05) is 12.1 Å². The molecule has 0 spiro atoms. The molecule has 1 aromatic carbocycles. The van der Waals surface area contributed by atoms with E-state index in [1.807, 2.05) is 0 Å². The Labute approximate surface area is 115 Å². The van der Waals surface area contributed by atoms with Gasteiger partial charge in [-0.1, -0.05) is 29.4 Å². The predicted molar refractivity (Wildman–Crippen MR) is 70.3 cm³/mol. The Hall–Kier alpha value is -2.33. The summed E-state index contributed by atoms with van der Waals surface area (Å²) in [5, 5.41) is 11.3. The molecule has 1 aromatic rings. The number of nitrogens with zero attached hydrogens (tertiary/aromatic N) is 1. The molecular formula is C10H14N4O5S. The SMILES string of the molecule is COC(=O)NS(=O)(=O)NCc1ccc(/C(N)=N/O)cc1. The van der Waals surface area contributed by atoms with Gasteiger partial charge in [0.05, 0.1) is 7.11 Å². The van der Waals surface area contributed by atoms with Crippen molar-refractivity contribution in [2.45, 2.75) is 6.54 Å². The van der Waals surface area contributed by atoms with Crippen molar-refractivity contribution < 1.29 is 23.2 Å². The number of amidine groups is 1. The van der Waals surface area contributed by atoms with E-state index in [2.05, 4.69) is 14.6 Å². The molecule has 0 saturated carbocycles. The van der Waals surface area contributed by atoms with Crippen LogP contribution in [0.4, 0.5) is 4.79 Å². The lowest BCUT2D eigenvalue weighted by atomic mass is 10.1. The number of hydrogen-bond donors (Lipinski definition) is 4. The van der Waals surface area contributed by atoms with Gasteiger partial charge in [0.15, 0.2) is 5.84 Å². The summed E-state index contributed by atoms with van der Waals surface area (Å²) in [4.78, 5) is 10.8. The molecule has 0 aliphatic rings. The quantitative estimate of drug-likeness (QED) is 0.249. The number of rotatable bonds is 5. The molecule has 1 amide bonds. The van der Waals surface area contributed by atoms with E-state index < -0.39 is 16.3 Å². The van der Waals surface area contributed by atoms with E-state index >= 15 is 0 Å². The molecular weight excluding hydrogens is 288 g/mol. The third-order valence-corrected chi connectivity index (χ3v) is 3.19. The topological polar surface area (TPSA) is 143 Å². The summed E-state index contributed by atoms with van der Waals surface area (Å²) in [6, 6.07) is 6.31. The summed E-state index contributed by atoms with van der Waals surface area (Å²) in [5.74, 6) is -0.0514. The fraction of sp³-hybridized carbons (Fsp3) is 0.200. The Kier molecular flexibility index (Phi) is 5.29. The second-order valence-corrected chi connectivity index (χ2v) is 5.10. The van der Waals surface area contributed by atoms with E-state index in [4.69, 9.17) is 10.9 Å². The summed E-state index contributed by atoms with van der Waals surface area (Å²) in [5.41, 5.74) is 6.50. The van der Waals surface area contributed by atoms with Crippen LogP contribution >= 0.6 is 0 Å². The Morgan fingerprint density at radius 3 is 2.50 bits per heavy atom. The van der Waals surface area contributed by atoms with Gasteiger partial charge in [-0.25, -0.2) is 9.52 Å². The van der Waals surface area contributed by atoms with E-state index in [-0.39, 0.29) is 12.4 Å². The zero-order chi connectivity index (χ0) is 15.2. The van der Waals surface area contributed by atoms with Gasteiger partial charge in [0.25, 0.3) is 0 Å². The Morgan fingerprint density at radius 1 is 1.40 bits per heavy atom. The molecule has 110 valence electrons. The van der Waals surface area contributed by atoms with Crippen LogP contribution < -0.4 is 15.2 Å². The first-order valence-electron chi connectivity index (χ1n) is 5.30. The lowest BCUT2D eigenvalue weighted by Gasteiger charge is -2.07. The molecule has 10 heteroatoms. The van der Waals surface area contributed by atoms with Crippen molar-refractivity contribution in [2.75, 3.05) is 7.11 Å². The minimum atomic E-state index is -3.99. The summed E-state index contributed by atoms with van der Waals surface area (Å²) < 4.78 is 30.8. The highest BCUT2D eigenvalue weighted by Crippen LogP contribution is 2.04. The number of benzene rings is 1. The molecule has 5 N–H and O–H groups in total. The van der Waals surface area contributed by atoms with Crippen molar-refractivity contribution in [1.29, 1.82) is 0 Å². The molecule has 0 aliphatic carbocycles. The van der Waals surface area contributed by atoms with Gasteiger partial charge in [-0.05, 0) is 5.56 Å². The number of amides is 1. The number of methoxy groups -OCH3 is 1. The Morgan fingerprint density at radius 2 is 2.00 bits per heavy atom. The van der Waals surface area contributed by atoms with Gasteiger partial charge < -0.3 is 15.7 Å². The molecule has 20 heavy (non-hydrogen) atoms. The molecule has 0 bridgehead atoms. The minimum absolute atomic E-state index is 0.0389. The van der Waals surface area contributed by atoms with Crippen LogP contribution in [0, 0.1) is 0 Å². The third-order valence-electron chi connectivity index (χ3n) is 2.23. The standard InChI is InChI=1S/C10H14N4O5S/c1-19-10(15)14-20(17,18)12-6-7-2-4-8(5-3-7)9(11)13-16/h2-5,12,16H,6H2,1H3,(H2,11,13)(H,14,15). The highest BCUT2D eigenvalue weighted by atomic mass is 32.2. The van der Waals surface area contributed by atoms with Gasteiger partial charge in [0.1, 0.15) is 0 Å². The summed E-state index contributed by atoms with van der Waals surface area (Å²) >= 11 is 0. The van der Waals surface area contributed by atoms with Gasteiger partial charge in [-0.3, -0.25) is 0 Å². The summed E-state index contributed by atoms with van der Waals surface area (Å²) in [6.07, 6.45) is -1.08. The molecule has 9 nitrogen and oxygen atoms in total. The maximum atomic E-state index is 11.4. The van der Waals surface area contributed by atoms with Crippen molar-refractivity contribution >= 4 is 22.1 Å². The van der Waals surface area contributed by atoms with Crippen LogP contribution in [0.2, 0.25) is 0 Å².